The number of carbonyl (C=O) groups is 1. The first-order chi connectivity index (χ1) is 13.2. The van der Waals surface area contributed by atoms with Gasteiger partial charge in [0.2, 0.25) is 5.91 Å². The number of rotatable bonds is 8. The third kappa shape index (κ3) is 4.39. The van der Waals surface area contributed by atoms with Crippen LogP contribution in [0.4, 0.5) is 4.39 Å². The molecular weight excluding hydrogens is 383 g/mol. The molecule has 0 spiro atoms. The standard InChI is InChI=1S/C19H19FN4OS2/c20-16-6-2-1-5-15(16)18-22-23-19(24(18)13-7-8-13)27-12-17(25)21-10-9-14-4-3-11-26-14/h1-6,11,13H,7-10,12H2,(H,21,25). The first-order valence-corrected chi connectivity index (χ1v) is 10.7. The summed E-state index contributed by atoms with van der Waals surface area (Å²) < 4.78 is 16.1. The number of nitrogens with zero attached hydrogens (tertiary/aromatic N) is 3. The number of halogens is 1. The fourth-order valence-corrected chi connectivity index (χ4v) is 4.37. The Morgan fingerprint density at radius 3 is 2.85 bits per heavy atom. The minimum absolute atomic E-state index is 0.0330. The fourth-order valence-electron chi connectivity index (χ4n) is 2.82. The number of thioether (sulfide) groups is 1. The molecule has 1 N–H and O–H groups in total. The third-order valence-corrected chi connectivity index (χ3v) is 6.18. The van der Waals surface area contributed by atoms with Gasteiger partial charge >= 0.3 is 0 Å². The van der Waals surface area contributed by atoms with Crippen LogP contribution in [0.3, 0.4) is 0 Å². The maximum atomic E-state index is 14.2. The molecule has 3 aromatic rings. The Bertz CT molecular complexity index is 922. The molecule has 0 bridgehead atoms. The Hall–Kier alpha value is -2.19. The summed E-state index contributed by atoms with van der Waals surface area (Å²) in [6, 6.07) is 11.0. The van der Waals surface area contributed by atoms with Crippen molar-refractivity contribution in [1.82, 2.24) is 20.1 Å². The zero-order chi connectivity index (χ0) is 18.6. The average molecular weight is 403 g/mol. The predicted octanol–water partition coefficient (Wildman–Crippen LogP) is 3.93. The monoisotopic (exact) mass is 402 g/mol. The molecule has 1 fully saturated rings. The summed E-state index contributed by atoms with van der Waals surface area (Å²) >= 11 is 3.04. The van der Waals surface area contributed by atoms with E-state index >= 15 is 0 Å². The second kappa shape index (κ2) is 8.22. The number of benzene rings is 1. The quantitative estimate of drug-likeness (QED) is 0.580. The van der Waals surface area contributed by atoms with Crippen LogP contribution < -0.4 is 5.32 Å². The largest absolute Gasteiger partial charge is 0.355 e. The Balaban J connectivity index is 1.39. The molecule has 1 aliphatic carbocycles. The summed E-state index contributed by atoms with van der Waals surface area (Å²) in [5, 5.41) is 14.1. The molecule has 1 saturated carbocycles. The molecule has 1 aromatic carbocycles. The van der Waals surface area contributed by atoms with Crippen molar-refractivity contribution in [2.75, 3.05) is 12.3 Å². The van der Waals surface area contributed by atoms with Gasteiger partial charge in [-0.15, -0.1) is 21.5 Å². The number of hydrogen-bond donors (Lipinski definition) is 1. The Kier molecular flexibility index (Phi) is 5.54. The predicted molar refractivity (Wildman–Crippen MR) is 105 cm³/mol. The molecule has 1 amide bonds. The van der Waals surface area contributed by atoms with E-state index in [0.29, 0.717) is 29.1 Å². The molecule has 8 heteroatoms. The lowest BCUT2D eigenvalue weighted by Crippen LogP contribution is -2.27. The molecule has 0 aliphatic heterocycles. The summed E-state index contributed by atoms with van der Waals surface area (Å²) in [4.78, 5) is 13.4. The fraction of sp³-hybridized carbons (Fsp3) is 0.316. The van der Waals surface area contributed by atoms with E-state index in [4.69, 9.17) is 0 Å². The molecule has 0 radical (unpaired) electrons. The summed E-state index contributed by atoms with van der Waals surface area (Å²) in [6.07, 6.45) is 2.89. The van der Waals surface area contributed by atoms with E-state index in [0.717, 1.165) is 19.3 Å². The van der Waals surface area contributed by atoms with Crippen molar-refractivity contribution in [3.8, 4) is 11.4 Å². The van der Waals surface area contributed by atoms with Crippen molar-refractivity contribution in [3.63, 3.8) is 0 Å². The summed E-state index contributed by atoms with van der Waals surface area (Å²) in [7, 11) is 0. The van der Waals surface area contributed by atoms with E-state index < -0.39 is 0 Å². The minimum atomic E-state index is -0.310. The zero-order valence-electron chi connectivity index (χ0n) is 14.6. The topological polar surface area (TPSA) is 59.8 Å². The van der Waals surface area contributed by atoms with Crippen molar-refractivity contribution >= 4 is 29.0 Å². The van der Waals surface area contributed by atoms with E-state index in [-0.39, 0.29) is 17.5 Å². The van der Waals surface area contributed by atoms with Crippen LogP contribution in [0.2, 0.25) is 0 Å². The molecule has 0 saturated heterocycles. The van der Waals surface area contributed by atoms with Gasteiger partial charge in [0.1, 0.15) is 5.82 Å². The van der Waals surface area contributed by atoms with E-state index in [1.54, 1.807) is 29.5 Å². The van der Waals surface area contributed by atoms with Gasteiger partial charge in [0.15, 0.2) is 11.0 Å². The Morgan fingerprint density at radius 1 is 1.26 bits per heavy atom. The number of amides is 1. The lowest BCUT2D eigenvalue weighted by molar-refractivity contribution is -0.118. The van der Waals surface area contributed by atoms with Gasteiger partial charge in [-0.25, -0.2) is 4.39 Å². The van der Waals surface area contributed by atoms with Gasteiger partial charge in [0.05, 0.1) is 11.3 Å². The number of aromatic nitrogens is 3. The van der Waals surface area contributed by atoms with E-state index in [1.165, 1.54) is 22.7 Å². The first-order valence-electron chi connectivity index (χ1n) is 8.84. The summed E-state index contributed by atoms with van der Waals surface area (Å²) in [5.74, 6) is 0.465. The number of hydrogen-bond acceptors (Lipinski definition) is 5. The Labute approximate surface area is 165 Å². The lowest BCUT2D eigenvalue weighted by atomic mass is 10.2. The van der Waals surface area contributed by atoms with Crippen LogP contribution in [0.5, 0.6) is 0 Å². The number of nitrogens with one attached hydrogen (secondary N) is 1. The van der Waals surface area contributed by atoms with E-state index in [9.17, 15) is 9.18 Å². The first kappa shape index (κ1) is 18.2. The maximum Gasteiger partial charge on any atom is 0.230 e. The highest BCUT2D eigenvalue weighted by atomic mass is 32.2. The highest BCUT2D eigenvalue weighted by Crippen LogP contribution is 2.41. The SMILES string of the molecule is O=C(CSc1nnc(-c2ccccc2F)n1C1CC1)NCCc1cccs1. The highest BCUT2D eigenvalue weighted by molar-refractivity contribution is 7.99. The van der Waals surface area contributed by atoms with E-state index in [2.05, 4.69) is 21.6 Å². The number of carbonyl (C=O) groups excluding carboxylic acids is 1. The highest BCUT2D eigenvalue weighted by Gasteiger charge is 2.31. The second-order valence-corrected chi connectivity index (χ2v) is 8.33. The van der Waals surface area contributed by atoms with Crippen LogP contribution in [-0.4, -0.2) is 33.0 Å². The normalized spacial score (nSPS) is 13.7. The molecular formula is C19H19FN4OS2. The molecule has 5 nitrogen and oxygen atoms in total. The molecule has 4 rings (SSSR count). The van der Waals surface area contributed by atoms with Crippen molar-refractivity contribution in [2.24, 2.45) is 0 Å². The zero-order valence-corrected chi connectivity index (χ0v) is 16.2. The molecule has 140 valence electrons. The third-order valence-electron chi connectivity index (χ3n) is 4.30. The van der Waals surface area contributed by atoms with Crippen LogP contribution >= 0.6 is 23.1 Å². The average Bonchev–Trinajstić information content (AvgIpc) is 3.20. The molecule has 27 heavy (non-hydrogen) atoms. The molecule has 0 atom stereocenters. The van der Waals surface area contributed by atoms with Crippen LogP contribution in [0.1, 0.15) is 23.8 Å². The number of thiophene rings is 1. The van der Waals surface area contributed by atoms with Gasteiger partial charge in [-0.1, -0.05) is 30.0 Å². The van der Waals surface area contributed by atoms with E-state index in [1.807, 2.05) is 16.0 Å². The van der Waals surface area contributed by atoms with Crippen LogP contribution in [0.15, 0.2) is 46.9 Å². The van der Waals surface area contributed by atoms with Gasteiger partial charge in [-0.3, -0.25) is 9.36 Å². The van der Waals surface area contributed by atoms with Gasteiger partial charge < -0.3 is 5.32 Å². The van der Waals surface area contributed by atoms with Crippen LogP contribution in [0, 0.1) is 5.82 Å². The smallest absolute Gasteiger partial charge is 0.230 e. The summed E-state index contributed by atoms with van der Waals surface area (Å²) in [5.41, 5.74) is 0.448. The van der Waals surface area contributed by atoms with Crippen molar-refractivity contribution in [3.05, 3.63) is 52.5 Å². The van der Waals surface area contributed by atoms with Gasteiger partial charge in [0, 0.05) is 17.5 Å². The van der Waals surface area contributed by atoms with Gasteiger partial charge in [-0.05, 0) is 42.8 Å². The molecule has 2 heterocycles. The second-order valence-electron chi connectivity index (χ2n) is 6.36. The van der Waals surface area contributed by atoms with Crippen molar-refractivity contribution in [2.45, 2.75) is 30.5 Å². The molecule has 0 unspecified atom stereocenters. The maximum absolute atomic E-state index is 14.2. The Morgan fingerprint density at radius 2 is 2.11 bits per heavy atom. The molecule has 1 aliphatic rings. The minimum Gasteiger partial charge on any atom is -0.355 e. The summed E-state index contributed by atoms with van der Waals surface area (Å²) in [6.45, 7) is 0.621. The lowest BCUT2D eigenvalue weighted by Gasteiger charge is -2.09. The van der Waals surface area contributed by atoms with Crippen molar-refractivity contribution < 1.29 is 9.18 Å². The van der Waals surface area contributed by atoms with Crippen LogP contribution in [0.25, 0.3) is 11.4 Å². The van der Waals surface area contributed by atoms with Gasteiger partial charge in [-0.2, -0.15) is 0 Å². The molecule has 2 aromatic heterocycles. The van der Waals surface area contributed by atoms with Crippen LogP contribution in [-0.2, 0) is 11.2 Å². The van der Waals surface area contributed by atoms with Gasteiger partial charge in [0.25, 0.3) is 0 Å². The van der Waals surface area contributed by atoms with Crippen molar-refractivity contribution in [1.29, 1.82) is 0 Å².